The summed E-state index contributed by atoms with van der Waals surface area (Å²) in [5, 5.41) is 0. The first-order chi connectivity index (χ1) is 11.8. The molecule has 0 amide bonds. The fourth-order valence-corrected chi connectivity index (χ4v) is 2.91. The van der Waals surface area contributed by atoms with Crippen molar-refractivity contribution in [3.63, 3.8) is 0 Å². The van der Waals surface area contributed by atoms with Crippen molar-refractivity contribution in [2.45, 2.75) is 25.4 Å². The van der Waals surface area contributed by atoms with E-state index in [0.717, 1.165) is 41.0 Å². The van der Waals surface area contributed by atoms with E-state index in [-0.39, 0.29) is 0 Å². The minimum Gasteiger partial charge on any atom is -0.497 e. The van der Waals surface area contributed by atoms with Gasteiger partial charge in [-0.2, -0.15) is 4.98 Å². The summed E-state index contributed by atoms with van der Waals surface area (Å²) >= 11 is 0. The van der Waals surface area contributed by atoms with Crippen molar-refractivity contribution in [1.82, 2.24) is 4.98 Å². The standard InChI is InChI=1S/C19H20N2O3/c1-22-15-9-10-17(23-2)13(11-15)12-21(14-7-8-14)19-20-16-5-3-4-6-18(16)24-19/h3-6,9-11,14H,7-8,12H2,1-2H3. The van der Waals surface area contributed by atoms with Crippen molar-refractivity contribution in [3.05, 3.63) is 48.0 Å². The number of hydrogen-bond donors (Lipinski definition) is 0. The third kappa shape index (κ3) is 2.77. The molecular weight excluding hydrogens is 304 g/mol. The van der Waals surface area contributed by atoms with Crippen LogP contribution < -0.4 is 14.4 Å². The van der Waals surface area contributed by atoms with Crippen LogP contribution in [0.5, 0.6) is 11.5 Å². The second kappa shape index (κ2) is 6.07. The van der Waals surface area contributed by atoms with Gasteiger partial charge in [0.2, 0.25) is 0 Å². The number of para-hydroxylation sites is 2. The average Bonchev–Trinajstić information content (AvgIpc) is 3.37. The Hall–Kier alpha value is -2.69. The summed E-state index contributed by atoms with van der Waals surface area (Å²) in [6.07, 6.45) is 2.32. The number of ether oxygens (including phenoxy) is 2. The zero-order valence-electron chi connectivity index (χ0n) is 13.9. The third-order valence-electron chi connectivity index (χ3n) is 4.34. The molecule has 0 aliphatic heterocycles. The van der Waals surface area contributed by atoms with E-state index in [1.807, 2.05) is 42.5 Å². The number of oxazole rings is 1. The molecule has 0 atom stereocenters. The average molecular weight is 324 g/mol. The molecule has 0 saturated heterocycles. The number of hydrogen-bond acceptors (Lipinski definition) is 5. The van der Waals surface area contributed by atoms with Gasteiger partial charge in [0, 0.05) is 11.6 Å². The second-order valence-electron chi connectivity index (χ2n) is 6.00. The van der Waals surface area contributed by atoms with Gasteiger partial charge in [0.25, 0.3) is 6.01 Å². The molecule has 5 nitrogen and oxygen atoms in total. The van der Waals surface area contributed by atoms with Gasteiger partial charge in [0.05, 0.1) is 20.8 Å². The van der Waals surface area contributed by atoms with Crippen molar-refractivity contribution < 1.29 is 13.9 Å². The molecule has 0 radical (unpaired) electrons. The molecule has 4 rings (SSSR count). The van der Waals surface area contributed by atoms with E-state index in [1.165, 1.54) is 0 Å². The lowest BCUT2D eigenvalue weighted by atomic mass is 10.1. The smallest absolute Gasteiger partial charge is 0.298 e. The van der Waals surface area contributed by atoms with E-state index in [9.17, 15) is 0 Å². The van der Waals surface area contributed by atoms with Crippen LogP contribution in [0.15, 0.2) is 46.9 Å². The van der Waals surface area contributed by atoms with Gasteiger partial charge in [-0.1, -0.05) is 12.1 Å². The summed E-state index contributed by atoms with van der Waals surface area (Å²) < 4.78 is 16.8. The monoisotopic (exact) mass is 324 g/mol. The number of rotatable bonds is 6. The van der Waals surface area contributed by atoms with Gasteiger partial charge in [0.15, 0.2) is 5.58 Å². The summed E-state index contributed by atoms with van der Waals surface area (Å²) in [4.78, 5) is 6.88. The molecule has 1 aliphatic rings. The highest BCUT2D eigenvalue weighted by molar-refractivity contribution is 5.74. The predicted molar refractivity (Wildman–Crippen MR) is 92.8 cm³/mol. The Bertz CT molecular complexity index is 822. The molecule has 2 aromatic carbocycles. The molecule has 1 fully saturated rings. The van der Waals surface area contributed by atoms with Crippen molar-refractivity contribution >= 4 is 17.1 Å². The van der Waals surface area contributed by atoms with Crippen LogP contribution in [-0.4, -0.2) is 25.2 Å². The molecule has 3 aromatic rings. The molecular formula is C19H20N2O3. The largest absolute Gasteiger partial charge is 0.497 e. The molecule has 1 heterocycles. The number of fused-ring (bicyclic) bond motifs is 1. The highest BCUT2D eigenvalue weighted by atomic mass is 16.5. The lowest BCUT2D eigenvalue weighted by molar-refractivity contribution is 0.397. The summed E-state index contributed by atoms with van der Waals surface area (Å²) in [6.45, 7) is 0.678. The fraction of sp³-hybridized carbons (Fsp3) is 0.316. The highest BCUT2D eigenvalue weighted by Crippen LogP contribution is 2.36. The lowest BCUT2D eigenvalue weighted by Gasteiger charge is -2.21. The molecule has 124 valence electrons. The molecule has 24 heavy (non-hydrogen) atoms. The SMILES string of the molecule is COc1ccc(OC)c(CN(c2nc3ccccc3o2)C2CC2)c1. The summed E-state index contributed by atoms with van der Waals surface area (Å²) in [6, 6.07) is 14.8. The zero-order valence-corrected chi connectivity index (χ0v) is 13.9. The Kier molecular flexibility index (Phi) is 3.76. The number of nitrogens with zero attached hydrogens (tertiary/aromatic N) is 2. The molecule has 0 bridgehead atoms. The molecule has 1 aromatic heterocycles. The minimum absolute atomic E-state index is 0.467. The molecule has 1 saturated carbocycles. The van der Waals surface area contributed by atoms with Gasteiger partial charge in [-0.25, -0.2) is 0 Å². The van der Waals surface area contributed by atoms with E-state index in [0.29, 0.717) is 18.6 Å². The molecule has 0 spiro atoms. The van der Waals surface area contributed by atoms with Crippen molar-refractivity contribution in [2.24, 2.45) is 0 Å². The first kappa shape index (κ1) is 14.9. The van der Waals surface area contributed by atoms with E-state index in [2.05, 4.69) is 9.88 Å². The third-order valence-corrected chi connectivity index (χ3v) is 4.34. The van der Waals surface area contributed by atoms with E-state index < -0.39 is 0 Å². The minimum atomic E-state index is 0.467. The quantitative estimate of drug-likeness (QED) is 0.685. The topological polar surface area (TPSA) is 47.7 Å². The van der Waals surface area contributed by atoms with E-state index in [4.69, 9.17) is 13.9 Å². The Labute approximate surface area is 140 Å². The predicted octanol–water partition coefficient (Wildman–Crippen LogP) is 4.01. The van der Waals surface area contributed by atoms with Crippen LogP contribution in [0.2, 0.25) is 0 Å². The van der Waals surface area contributed by atoms with Crippen LogP contribution in [0.3, 0.4) is 0 Å². The van der Waals surface area contributed by atoms with Crippen molar-refractivity contribution in [1.29, 1.82) is 0 Å². The van der Waals surface area contributed by atoms with Crippen LogP contribution in [0.25, 0.3) is 11.1 Å². The molecule has 0 N–H and O–H groups in total. The summed E-state index contributed by atoms with van der Waals surface area (Å²) in [5.41, 5.74) is 2.76. The Morgan fingerprint density at radius 2 is 1.96 bits per heavy atom. The zero-order chi connectivity index (χ0) is 16.5. The van der Waals surface area contributed by atoms with Gasteiger partial charge >= 0.3 is 0 Å². The Morgan fingerprint density at radius 1 is 1.12 bits per heavy atom. The van der Waals surface area contributed by atoms with Gasteiger partial charge in [0.1, 0.15) is 17.0 Å². The molecule has 1 aliphatic carbocycles. The number of aromatic nitrogens is 1. The molecule has 0 unspecified atom stereocenters. The maximum Gasteiger partial charge on any atom is 0.298 e. The Morgan fingerprint density at radius 3 is 2.67 bits per heavy atom. The van der Waals surface area contributed by atoms with Crippen molar-refractivity contribution in [3.8, 4) is 11.5 Å². The lowest BCUT2D eigenvalue weighted by Crippen LogP contribution is -2.25. The van der Waals surface area contributed by atoms with Gasteiger partial charge < -0.3 is 18.8 Å². The molecule has 5 heteroatoms. The normalized spacial score (nSPS) is 13.9. The number of benzene rings is 2. The van der Waals surface area contributed by atoms with E-state index in [1.54, 1.807) is 14.2 Å². The number of methoxy groups -OCH3 is 2. The van der Waals surface area contributed by atoms with Gasteiger partial charge in [-0.15, -0.1) is 0 Å². The maximum atomic E-state index is 5.98. The Balaban J connectivity index is 1.69. The maximum absolute atomic E-state index is 5.98. The van der Waals surface area contributed by atoms with Crippen LogP contribution in [0.1, 0.15) is 18.4 Å². The highest BCUT2D eigenvalue weighted by Gasteiger charge is 2.33. The number of anilines is 1. The van der Waals surface area contributed by atoms with Crippen LogP contribution in [0.4, 0.5) is 6.01 Å². The van der Waals surface area contributed by atoms with Crippen LogP contribution in [0, 0.1) is 0 Å². The summed E-state index contributed by atoms with van der Waals surface area (Å²) in [7, 11) is 3.36. The second-order valence-corrected chi connectivity index (χ2v) is 6.00. The van der Waals surface area contributed by atoms with E-state index >= 15 is 0 Å². The first-order valence-electron chi connectivity index (χ1n) is 8.11. The van der Waals surface area contributed by atoms with Crippen LogP contribution in [-0.2, 0) is 6.54 Å². The fourth-order valence-electron chi connectivity index (χ4n) is 2.91. The first-order valence-corrected chi connectivity index (χ1v) is 8.11. The summed E-state index contributed by atoms with van der Waals surface area (Å²) in [5.74, 6) is 1.66. The van der Waals surface area contributed by atoms with Gasteiger partial charge in [-0.05, 0) is 43.2 Å². The van der Waals surface area contributed by atoms with Crippen LogP contribution >= 0.6 is 0 Å². The van der Waals surface area contributed by atoms with Crippen molar-refractivity contribution in [2.75, 3.05) is 19.1 Å². The van der Waals surface area contributed by atoms with Gasteiger partial charge in [-0.3, -0.25) is 0 Å².